The number of rotatable bonds is 58. The second kappa shape index (κ2) is 66.8. The standard InChI is InChI=1S/C74H120O6/c1-4-7-10-13-16-19-22-25-28-30-32-34-35-36-37-38-39-41-42-44-46-49-52-55-58-61-64-67-73(76)79-70-71(69-78-72(75)66-63-60-57-54-51-48-27-24-21-18-15-12-9-6-3)80-74(77)68-65-62-59-56-53-50-47-45-43-40-33-31-29-26-23-20-17-14-11-8-5-2/h7-8,10-11,15-20,24-29,32-34,40,45,47,53,56,71H,4-6,9,12-14,21-23,30-31,35-39,41-44,46,48-52,54-55,57-70H2,1-3H3/b10-7-,11-8-,18-15-,19-16-,20-17-,27-24-,28-25-,29-26-,34-32-,40-33-,47-45-,56-53-. The first-order valence-corrected chi connectivity index (χ1v) is 32.8. The summed E-state index contributed by atoms with van der Waals surface area (Å²) >= 11 is 0. The summed E-state index contributed by atoms with van der Waals surface area (Å²) < 4.78 is 16.9. The van der Waals surface area contributed by atoms with Gasteiger partial charge in [0.2, 0.25) is 0 Å². The highest BCUT2D eigenvalue weighted by atomic mass is 16.6. The van der Waals surface area contributed by atoms with Crippen LogP contribution in [0.5, 0.6) is 0 Å². The van der Waals surface area contributed by atoms with Crippen molar-refractivity contribution in [2.45, 2.75) is 290 Å². The summed E-state index contributed by atoms with van der Waals surface area (Å²) in [6.07, 6.45) is 95.7. The molecule has 0 aliphatic carbocycles. The molecule has 0 spiro atoms. The Morgan fingerprint density at radius 1 is 0.263 bits per heavy atom. The first-order chi connectivity index (χ1) is 39.5. The van der Waals surface area contributed by atoms with Crippen LogP contribution in [0.4, 0.5) is 0 Å². The summed E-state index contributed by atoms with van der Waals surface area (Å²) in [7, 11) is 0. The molecule has 0 fully saturated rings. The van der Waals surface area contributed by atoms with Gasteiger partial charge in [-0.25, -0.2) is 0 Å². The molecule has 6 heteroatoms. The van der Waals surface area contributed by atoms with Gasteiger partial charge in [0.05, 0.1) is 0 Å². The van der Waals surface area contributed by atoms with Gasteiger partial charge in [-0.3, -0.25) is 14.4 Å². The predicted molar refractivity (Wildman–Crippen MR) is 348 cm³/mol. The highest BCUT2D eigenvalue weighted by Gasteiger charge is 2.19. The fourth-order valence-corrected chi connectivity index (χ4v) is 8.69. The Labute approximate surface area is 493 Å². The molecule has 0 saturated carbocycles. The Hall–Kier alpha value is -4.71. The lowest BCUT2D eigenvalue weighted by Crippen LogP contribution is -2.30. The summed E-state index contributed by atoms with van der Waals surface area (Å²) in [5.74, 6) is -0.962. The van der Waals surface area contributed by atoms with Crippen LogP contribution in [0.15, 0.2) is 146 Å². The van der Waals surface area contributed by atoms with Crippen LogP contribution in [-0.2, 0) is 28.6 Å². The van der Waals surface area contributed by atoms with Crippen LogP contribution in [0.2, 0.25) is 0 Å². The van der Waals surface area contributed by atoms with Crippen molar-refractivity contribution in [2.75, 3.05) is 13.2 Å². The molecule has 0 bridgehead atoms. The van der Waals surface area contributed by atoms with Gasteiger partial charge >= 0.3 is 17.9 Å². The van der Waals surface area contributed by atoms with Gasteiger partial charge in [0.1, 0.15) is 13.2 Å². The number of hydrogen-bond donors (Lipinski definition) is 0. The summed E-state index contributed by atoms with van der Waals surface area (Å²) in [6, 6.07) is 0. The molecule has 0 aliphatic heterocycles. The van der Waals surface area contributed by atoms with E-state index in [4.69, 9.17) is 14.2 Å². The molecule has 0 amide bonds. The molecular weight excluding hydrogens is 985 g/mol. The largest absolute Gasteiger partial charge is 0.462 e. The van der Waals surface area contributed by atoms with E-state index in [0.29, 0.717) is 19.3 Å². The van der Waals surface area contributed by atoms with E-state index in [1.54, 1.807) is 0 Å². The maximum absolute atomic E-state index is 12.9. The zero-order valence-corrected chi connectivity index (χ0v) is 51.8. The quantitative estimate of drug-likeness (QED) is 0.0261. The molecule has 0 rings (SSSR count). The molecule has 6 nitrogen and oxygen atoms in total. The zero-order chi connectivity index (χ0) is 57.8. The minimum atomic E-state index is -0.814. The zero-order valence-electron chi connectivity index (χ0n) is 51.8. The lowest BCUT2D eigenvalue weighted by Gasteiger charge is -2.18. The van der Waals surface area contributed by atoms with Crippen molar-refractivity contribution in [1.82, 2.24) is 0 Å². The topological polar surface area (TPSA) is 78.9 Å². The molecular formula is C74H120O6. The summed E-state index contributed by atoms with van der Waals surface area (Å²) in [5.41, 5.74) is 0. The highest BCUT2D eigenvalue weighted by molar-refractivity contribution is 5.71. The van der Waals surface area contributed by atoms with Crippen LogP contribution in [0, 0.1) is 0 Å². The second-order valence-electron chi connectivity index (χ2n) is 21.3. The summed E-state index contributed by atoms with van der Waals surface area (Å²) in [5, 5.41) is 0. The number of esters is 3. The fraction of sp³-hybridized carbons (Fsp3) is 0.635. The Kier molecular flexibility index (Phi) is 62.9. The van der Waals surface area contributed by atoms with Crippen LogP contribution in [0.25, 0.3) is 0 Å². The molecule has 0 aromatic rings. The van der Waals surface area contributed by atoms with Crippen LogP contribution in [0.3, 0.4) is 0 Å². The molecule has 0 aromatic carbocycles. The van der Waals surface area contributed by atoms with Crippen molar-refractivity contribution in [3.63, 3.8) is 0 Å². The van der Waals surface area contributed by atoms with Gasteiger partial charge in [0.15, 0.2) is 6.10 Å². The van der Waals surface area contributed by atoms with Gasteiger partial charge < -0.3 is 14.2 Å². The Bertz CT molecular complexity index is 1750. The van der Waals surface area contributed by atoms with Crippen molar-refractivity contribution in [3.8, 4) is 0 Å². The van der Waals surface area contributed by atoms with E-state index >= 15 is 0 Å². The highest BCUT2D eigenvalue weighted by Crippen LogP contribution is 2.16. The van der Waals surface area contributed by atoms with Gasteiger partial charge in [-0.2, -0.15) is 0 Å². The van der Waals surface area contributed by atoms with Crippen LogP contribution < -0.4 is 0 Å². The number of hydrogen-bond acceptors (Lipinski definition) is 6. The van der Waals surface area contributed by atoms with Gasteiger partial charge in [-0.15, -0.1) is 0 Å². The van der Waals surface area contributed by atoms with Crippen molar-refractivity contribution >= 4 is 17.9 Å². The van der Waals surface area contributed by atoms with Gasteiger partial charge in [0.25, 0.3) is 0 Å². The average Bonchev–Trinajstić information content (AvgIpc) is 3.46. The fourth-order valence-electron chi connectivity index (χ4n) is 8.69. The number of ether oxygens (including phenoxy) is 3. The third-order valence-electron chi connectivity index (χ3n) is 13.6. The van der Waals surface area contributed by atoms with E-state index in [9.17, 15) is 14.4 Å². The van der Waals surface area contributed by atoms with Gasteiger partial charge in [-0.05, 0) is 135 Å². The minimum absolute atomic E-state index is 0.105. The second-order valence-corrected chi connectivity index (χ2v) is 21.3. The monoisotopic (exact) mass is 1100 g/mol. The lowest BCUT2D eigenvalue weighted by atomic mass is 10.0. The Morgan fingerprint density at radius 3 is 0.787 bits per heavy atom. The Morgan fingerprint density at radius 2 is 0.487 bits per heavy atom. The molecule has 0 aliphatic rings. The van der Waals surface area contributed by atoms with Crippen LogP contribution >= 0.6 is 0 Å². The summed E-state index contributed by atoms with van der Waals surface area (Å²) in [4.78, 5) is 38.3. The van der Waals surface area contributed by atoms with Crippen molar-refractivity contribution in [2.24, 2.45) is 0 Å². The first kappa shape index (κ1) is 75.3. The lowest BCUT2D eigenvalue weighted by molar-refractivity contribution is -0.167. The van der Waals surface area contributed by atoms with E-state index in [-0.39, 0.29) is 37.5 Å². The summed E-state index contributed by atoms with van der Waals surface area (Å²) in [6.45, 7) is 6.33. The number of allylic oxidation sites excluding steroid dienone is 24. The van der Waals surface area contributed by atoms with Crippen LogP contribution in [-0.4, -0.2) is 37.2 Å². The van der Waals surface area contributed by atoms with Gasteiger partial charge in [-0.1, -0.05) is 276 Å². The van der Waals surface area contributed by atoms with Gasteiger partial charge in [0, 0.05) is 19.3 Å². The van der Waals surface area contributed by atoms with E-state index < -0.39 is 6.10 Å². The van der Waals surface area contributed by atoms with Crippen LogP contribution in [0.1, 0.15) is 284 Å². The third-order valence-corrected chi connectivity index (χ3v) is 13.6. The molecule has 0 N–H and O–H groups in total. The Balaban J connectivity index is 4.40. The third kappa shape index (κ3) is 64.1. The smallest absolute Gasteiger partial charge is 0.306 e. The molecule has 0 radical (unpaired) electrons. The van der Waals surface area contributed by atoms with E-state index in [1.807, 2.05) is 0 Å². The number of carbonyl (C=O) groups excluding carboxylic acids is 3. The molecule has 0 saturated heterocycles. The molecule has 0 aromatic heterocycles. The molecule has 80 heavy (non-hydrogen) atoms. The SMILES string of the molecule is CC/C=C\C/C=C\C/C=C\C/C=C\C/C=C\C/C=C\CCCCC(=O)OC(COC(=O)CCCCCCC/C=C\C/C=C\CCCC)COC(=O)CCCCCCCCCCCCCCCC/C=C\C/C=C\C/C=C\C/C=C\CC. The number of carbonyl (C=O) groups is 3. The molecule has 452 valence electrons. The predicted octanol–water partition coefficient (Wildman–Crippen LogP) is 22.7. The molecule has 1 unspecified atom stereocenters. The van der Waals surface area contributed by atoms with Crippen molar-refractivity contribution in [1.29, 1.82) is 0 Å². The maximum atomic E-state index is 12.9. The van der Waals surface area contributed by atoms with E-state index in [0.717, 1.165) is 141 Å². The van der Waals surface area contributed by atoms with Crippen molar-refractivity contribution in [3.05, 3.63) is 146 Å². The maximum Gasteiger partial charge on any atom is 0.306 e. The van der Waals surface area contributed by atoms with E-state index in [2.05, 4.69) is 167 Å². The molecule has 1 atom stereocenters. The minimum Gasteiger partial charge on any atom is -0.462 e. The normalized spacial score (nSPS) is 13.1. The van der Waals surface area contributed by atoms with E-state index in [1.165, 1.54) is 96.3 Å². The molecule has 0 heterocycles. The van der Waals surface area contributed by atoms with Crippen molar-refractivity contribution < 1.29 is 28.6 Å². The average molecular weight is 1110 g/mol. The first-order valence-electron chi connectivity index (χ1n) is 32.8. The number of unbranched alkanes of at least 4 members (excludes halogenated alkanes) is 23.